The molecule has 2 aromatic heterocycles. The van der Waals surface area contributed by atoms with Gasteiger partial charge < -0.3 is 9.84 Å². The Labute approximate surface area is 178 Å². The highest BCUT2D eigenvalue weighted by atomic mass is 32.2. The molecule has 0 radical (unpaired) electrons. The number of nitrogens with one attached hydrogen (secondary N) is 1. The molecule has 0 atom stereocenters. The van der Waals surface area contributed by atoms with Crippen molar-refractivity contribution in [3.05, 3.63) is 35.7 Å². The predicted molar refractivity (Wildman–Crippen MR) is 111 cm³/mol. The average Bonchev–Trinajstić information content (AvgIpc) is 3.30. The number of nitrogens with zero attached hydrogens (tertiary/aromatic N) is 5. The van der Waals surface area contributed by atoms with Crippen LogP contribution in [-0.2, 0) is 26.8 Å². The van der Waals surface area contributed by atoms with E-state index in [4.69, 9.17) is 4.52 Å². The number of carbonyl (C=O) groups excluding carboxylic acids is 1. The number of anilines is 1. The third kappa shape index (κ3) is 4.89. The van der Waals surface area contributed by atoms with Gasteiger partial charge in [-0.1, -0.05) is 61.5 Å². The second kappa shape index (κ2) is 8.20. The standard InChI is InChI=1S/C18H22N6O4S2/c1-11(25)19-16-21-22-17(29-16)30(26,27)24(5)10-14-20-15(23-28-14)12-6-8-13(9-7-12)18(2,3)4/h6-9H,10H2,1-5H3,(H,19,21,25). The summed E-state index contributed by atoms with van der Waals surface area (Å²) in [5.74, 6) is 0.153. The molecular weight excluding hydrogens is 428 g/mol. The Hall–Kier alpha value is -2.70. The molecule has 0 aliphatic heterocycles. The summed E-state index contributed by atoms with van der Waals surface area (Å²) >= 11 is 0.762. The summed E-state index contributed by atoms with van der Waals surface area (Å²) in [5, 5.41) is 13.8. The van der Waals surface area contributed by atoms with Gasteiger partial charge in [-0.3, -0.25) is 4.79 Å². The number of hydrogen-bond donors (Lipinski definition) is 1. The molecule has 0 aliphatic rings. The lowest BCUT2D eigenvalue weighted by molar-refractivity contribution is -0.114. The van der Waals surface area contributed by atoms with Gasteiger partial charge in [0.1, 0.15) is 0 Å². The van der Waals surface area contributed by atoms with Gasteiger partial charge in [-0.25, -0.2) is 8.42 Å². The maximum Gasteiger partial charge on any atom is 0.272 e. The third-order valence-corrected chi connectivity index (χ3v) is 7.14. The number of rotatable bonds is 6. The number of sulfonamides is 1. The first-order chi connectivity index (χ1) is 14.0. The van der Waals surface area contributed by atoms with Crippen LogP contribution in [0, 0.1) is 0 Å². The molecule has 12 heteroatoms. The summed E-state index contributed by atoms with van der Waals surface area (Å²) in [4.78, 5) is 15.4. The molecule has 1 aromatic carbocycles. The lowest BCUT2D eigenvalue weighted by Crippen LogP contribution is -2.26. The van der Waals surface area contributed by atoms with Crippen LogP contribution in [0.5, 0.6) is 0 Å². The van der Waals surface area contributed by atoms with Crippen LogP contribution in [0.1, 0.15) is 39.1 Å². The van der Waals surface area contributed by atoms with Gasteiger partial charge >= 0.3 is 0 Å². The third-order valence-electron chi connectivity index (χ3n) is 4.16. The zero-order valence-corrected chi connectivity index (χ0v) is 18.8. The molecule has 1 amide bonds. The first-order valence-electron chi connectivity index (χ1n) is 8.98. The minimum Gasteiger partial charge on any atom is -0.338 e. The summed E-state index contributed by atoms with van der Waals surface area (Å²) < 4.78 is 31.4. The van der Waals surface area contributed by atoms with Crippen LogP contribution in [0.25, 0.3) is 11.4 Å². The van der Waals surface area contributed by atoms with E-state index in [0.717, 1.165) is 21.2 Å². The highest BCUT2D eigenvalue weighted by Gasteiger charge is 2.27. The lowest BCUT2D eigenvalue weighted by atomic mass is 9.87. The van der Waals surface area contributed by atoms with E-state index in [0.29, 0.717) is 5.82 Å². The van der Waals surface area contributed by atoms with E-state index in [1.165, 1.54) is 19.5 Å². The SMILES string of the molecule is CC(=O)Nc1nnc(S(=O)(=O)N(C)Cc2nc(-c3ccc(C(C)(C)C)cc3)no2)s1. The molecule has 30 heavy (non-hydrogen) atoms. The summed E-state index contributed by atoms with van der Waals surface area (Å²) in [6.45, 7) is 7.54. The summed E-state index contributed by atoms with van der Waals surface area (Å²) in [6.07, 6.45) is 0. The first-order valence-corrected chi connectivity index (χ1v) is 11.2. The molecule has 0 saturated carbocycles. The van der Waals surface area contributed by atoms with E-state index < -0.39 is 10.0 Å². The minimum atomic E-state index is -3.93. The highest BCUT2D eigenvalue weighted by Crippen LogP contribution is 2.26. The van der Waals surface area contributed by atoms with Crippen LogP contribution in [0.4, 0.5) is 5.13 Å². The highest BCUT2D eigenvalue weighted by molar-refractivity contribution is 7.91. The van der Waals surface area contributed by atoms with E-state index in [9.17, 15) is 13.2 Å². The Morgan fingerprint density at radius 2 is 1.87 bits per heavy atom. The second-order valence-corrected chi connectivity index (χ2v) is 10.9. The van der Waals surface area contributed by atoms with Gasteiger partial charge in [0.05, 0.1) is 6.54 Å². The summed E-state index contributed by atoms with van der Waals surface area (Å²) in [7, 11) is -2.56. The fourth-order valence-electron chi connectivity index (χ4n) is 2.48. The van der Waals surface area contributed by atoms with Crippen molar-refractivity contribution in [2.75, 3.05) is 12.4 Å². The molecule has 0 fully saturated rings. The van der Waals surface area contributed by atoms with Crippen LogP contribution >= 0.6 is 11.3 Å². The Kier molecular flexibility index (Phi) is 6.01. The van der Waals surface area contributed by atoms with Gasteiger partial charge in [-0.15, -0.1) is 10.2 Å². The van der Waals surface area contributed by atoms with Gasteiger partial charge in [0.15, 0.2) is 0 Å². The Bertz CT molecular complexity index is 1150. The molecule has 3 aromatic rings. The molecule has 10 nitrogen and oxygen atoms in total. The Morgan fingerprint density at radius 3 is 2.47 bits per heavy atom. The molecule has 0 unspecified atom stereocenters. The van der Waals surface area contributed by atoms with E-state index in [1.54, 1.807) is 0 Å². The summed E-state index contributed by atoms with van der Waals surface area (Å²) in [6, 6.07) is 7.81. The number of benzene rings is 1. The average molecular weight is 451 g/mol. The number of aromatic nitrogens is 4. The molecule has 0 aliphatic carbocycles. The number of carbonyl (C=O) groups is 1. The van der Waals surface area contributed by atoms with E-state index in [-0.39, 0.29) is 33.2 Å². The van der Waals surface area contributed by atoms with E-state index in [1.807, 2.05) is 24.3 Å². The normalized spacial score (nSPS) is 12.3. The van der Waals surface area contributed by atoms with Crippen LogP contribution in [0.2, 0.25) is 0 Å². The molecule has 3 rings (SSSR count). The Morgan fingerprint density at radius 1 is 1.20 bits per heavy atom. The molecule has 2 heterocycles. The quantitative estimate of drug-likeness (QED) is 0.567. The molecule has 1 N–H and O–H groups in total. The van der Waals surface area contributed by atoms with Gasteiger partial charge in [0, 0.05) is 19.5 Å². The Balaban J connectivity index is 1.73. The van der Waals surface area contributed by atoms with Gasteiger partial charge in [0.25, 0.3) is 10.0 Å². The molecular formula is C18H22N6O4S2. The van der Waals surface area contributed by atoms with E-state index in [2.05, 4.69) is 46.4 Å². The van der Waals surface area contributed by atoms with Gasteiger partial charge in [-0.2, -0.15) is 9.29 Å². The van der Waals surface area contributed by atoms with Crippen LogP contribution in [0.3, 0.4) is 0 Å². The fourth-order valence-corrected chi connectivity index (χ4v) is 4.73. The van der Waals surface area contributed by atoms with Crippen LogP contribution in [-0.4, -0.2) is 46.0 Å². The van der Waals surface area contributed by atoms with Crippen LogP contribution in [0.15, 0.2) is 33.1 Å². The maximum atomic E-state index is 12.7. The largest absolute Gasteiger partial charge is 0.338 e. The van der Waals surface area contributed by atoms with Crippen molar-refractivity contribution < 1.29 is 17.7 Å². The number of hydrogen-bond acceptors (Lipinski definition) is 9. The van der Waals surface area contributed by atoms with Crippen molar-refractivity contribution in [2.24, 2.45) is 0 Å². The minimum absolute atomic E-state index is 0.0303. The van der Waals surface area contributed by atoms with Crippen molar-refractivity contribution in [3.8, 4) is 11.4 Å². The van der Waals surface area contributed by atoms with E-state index >= 15 is 0 Å². The fraction of sp³-hybridized carbons (Fsp3) is 0.389. The first kappa shape index (κ1) is 22.0. The predicted octanol–water partition coefficient (Wildman–Crippen LogP) is 2.66. The van der Waals surface area contributed by atoms with Crippen molar-refractivity contribution in [1.82, 2.24) is 24.6 Å². The zero-order valence-electron chi connectivity index (χ0n) is 17.2. The van der Waals surface area contributed by atoms with Gasteiger partial charge in [0.2, 0.25) is 27.1 Å². The van der Waals surface area contributed by atoms with Crippen molar-refractivity contribution >= 4 is 32.4 Å². The molecule has 160 valence electrons. The van der Waals surface area contributed by atoms with Gasteiger partial charge in [-0.05, 0) is 11.0 Å². The monoisotopic (exact) mass is 450 g/mol. The topological polar surface area (TPSA) is 131 Å². The lowest BCUT2D eigenvalue weighted by Gasteiger charge is -2.18. The van der Waals surface area contributed by atoms with Crippen molar-refractivity contribution in [3.63, 3.8) is 0 Å². The molecule has 0 bridgehead atoms. The van der Waals surface area contributed by atoms with Crippen molar-refractivity contribution in [2.45, 2.75) is 44.0 Å². The second-order valence-electron chi connectivity index (χ2n) is 7.65. The van der Waals surface area contributed by atoms with Crippen LogP contribution < -0.4 is 5.32 Å². The summed E-state index contributed by atoms with van der Waals surface area (Å²) in [5.41, 5.74) is 1.98. The maximum absolute atomic E-state index is 12.7. The number of amides is 1. The zero-order chi connectivity index (χ0) is 22.1. The molecule has 0 spiro atoms. The molecule has 0 saturated heterocycles. The van der Waals surface area contributed by atoms with Crippen molar-refractivity contribution in [1.29, 1.82) is 0 Å². The smallest absolute Gasteiger partial charge is 0.272 e.